The molecule has 1 spiro atoms. The molecule has 2 bridgehead atoms. The fourth-order valence-corrected chi connectivity index (χ4v) is 10.8. The van der Waals surface area contributed by atoms with Gasteiger partial charge in [-0.25, -0.2) is 4.79 Å². The Hall–Kier alpha value is -3.03. The Morgan fingerprint density at radius 1 is 0.702 bits per heavy atom. The number of rotatable bonds is 13. The first-order chi connectivity index (χ1) is 23.2. The van der Waals surface area contributed by atoms with Crippen LogP contribution in [0.2, 0.25) is 0 Å². The molecule has 3 atom stereocenters. The molecule has 3 saturated heterocycles. The Bertz CT molecular complexity index is 1510. The standard InChI is InChI=1S/C41H46NO3S2/c43-39(44-38-29-36-23-24-37(30-38)42(36)26-13-14-27-42)41(34-19-9-3-10-20-34,35-21-11-4-12-22-35)45-40(47-31-33-17-7-2-8-18-33)46-28-25-32-15-5-1-6-16-32/h1-12,15-22,36-38,40H,13-14,23-31H2/q+1. The van der Waals surface area contributed by atoms with Crippen LogP contribution >= 0.6 is 23.5 Å². The number of hydrogen-bond donors (Lipinski definition) is 0. The van der Waals surface area contributed by atoms with Crippen molar-refractivity contribution in [1.29, 1.82) is 0 Å². The number of ether oxygens (including phenoxy) is 2. The molecule has 0 aromatic heterocycles. The smallest absolute Gasteiger partial charge is 0.348 e. The fraction of sp³-hybridized carbons (Fsp3) is 0.390. The lowest BCUT2D eigenvalue weighted by molar-refractivity contribution is -0.956. The summed E-state index contributed by atoms with van der Waals surface area (Å²) >= 11 is 3.51. The van der Waals surface area contributed by atoms with E-state index in [1.807, 2.05) is 66.7 Å². The molecule has 0 radical (unpaired) electrons. The molecule has 6 heteroatoms. The predicted octanol–water partition coefficient (Wildman–Crippen LogP) is 8.99. The highest BCUT2D eigenvalue weighted by atomic mass is 32.2. The van der Waals surface area contributed by atoms with Crippen molar-refractivity contribution in [2.24, 2.45) is 0 Å². The Morgan fingerprint density at radius 2 is 1.21 bits per heavy atom. The number of thioether (sulfide) groups is 2. The van der Waals surface area contributed by atoms with Crippen molar-refractivity contribution in [2.45, 2.75) is 79.3 Å². The van der Waals surface area contributed by atoms with Crippen LogP contribution in [-0.2, 0) is 32.0 Å². The summed E-state index contributed by atoms with van der Waals surface area (Å²) in [5.74, 6) is 1.37. The highest BCUT2D eigenvalue weighted by molar-refractivity contribution is 8.16. The van der Waals surface area contributed by atoms with Gasteiger partial charge in [0.25, 0.3) is 0 Å². The topological polar surface area (TPSA) is 35.5 Å². The van der Waals surface area contributed by atoms with Crippen molar-refractivity contribution >= 4 is 29.5 Å². The van der Waals surface area contributed by atoms with Gasteiger partial charge in [-0.1, -0.05) is 121 Å². The number of esters is 1. The lowest BCUT2D eigenvalue weighted by Crippen LogP contribution is -2.60. The molecule has 0 amide bonds. The van der Waals surface area contributed by atoms with Crippen molar-refractivity contribution in [3.05, 3.63) is 144 Å². The second-order valence-corrected chi connectivity index (χ2v) is 15.9. The fourth-order valence-electron chi connectivity index (χ4n) is 8.39. The quantitative estimate of drug-likeness (QED) is 0.0810. The van der Waals surface area contributed by atoms with Crippen LogP contribution in [0.4, 0.5) is 0 Å². The van der Waals surface area contributed by atoms with E-state index in [1.54, 1.807) is 23.5 Å². The summed E-state index contributed by atoms with van der Waals surface area (Å²) in [5.41, 5.74) is 2.76. The Morgan fingerprint density at radius 3 is 1.77 bits per heavy atom. The molecule has 3 unspecified atom stereocenters. The first-order valence-corrected chi connectivity index (χ1v) is 19.4. The molecule has 3 aliphatic rings. The maximum atomic E-state index is 15.0. The molecule has 3 fully saturated rings. The number of hydrogen-bond acceptors (Lipinski definition) is 5. The molecule has 7 rings (SSSR count). The lowest BCUT2D eigenvalue weighted by atomic mass is 9.85. The molecule has 0 N–H and O–H groups in total. The van der Waals surface area contributed by atoms with Gasteiger partial charge in [-0.2, -0.15) is 0 Å². The molecule has 4 nitrogen and oxygen atoms in total. The third-order valence-corrected chi connectivity index (χ3v) is 13.2. The minimum absolute atomic E-state index is 0.0825. The number of quaternary nitrogens is 1. The summed E-state index contributed by atoms with van der Waals surface area (Å²) in [4.78, 5) is 15.0. The third-order valence-electron chi connectivity index (χ3n) is 10.7. The summed E-state index contributed by atoms with van der Waals surface area (Å²) in [6.07, 6.45) is 7.94. The van der Waals surface area contributed by atoms with Crippen molar-refractivity contribution in [1.82, 2.24) is 0 Å². The van der Waals surface area contributed by atoms with E-state index in [2.05, 4.69) is 54.6 Å². The van der Waals surface area contributed by atoms with Crippen LogP contribution in [0, 0.1) is 0 Å². The molecular weight excluding hydrogens is 619 g/mol. The van der Waals surface area contributed by atoms with Gasteiger partial charge in [0.15, 0.2) is 4.77 Å². The molecule has 3 heterocycles. The van der Waals surface area contributed by atoms with Crippen molar-refractivity contribution in [3.63, 3.8) is 0 Å². The van der Waals surface area contributed by atoms with Gasteiger partial charge >= 0.3 is 5.97 Å². The Balaban J connectivity index is 1.20. The van der Waals surface area contributed by atoms with Crippen LogP contribution in [-0.4, -0.2) is 52.3 Å². The number of aryl methyl sites for hydroxylation is 1. The zero-order chi connectivity index (χ0) is 31.9. The van der Waals surface area contributed by atoms with Gasteiger partial charge in [-0.05, 0) is 28.7 Å². The third kappa shape index (κ3) is 7.07. The van der Waals surface area contributed by atoms with E-state index in [1.165, 1.54) is 54.4 Å². The molecular formula is C41H46NO3S2+. The average Bonchev–Trinajstić information content (AvgIpc) is 3.67. The maximum Gasteiger partial charge on any atom is 0.348 e. The zero-order valence-electron chi connectivity index (χ0n) is 27.1. The second-order valence-electron chi connectivity index (χ2n) is 13.4. The first-order valence-electron chi connectivity index (χ1n) is 17.3. The van der Waals surface area contributed by atoms with Gasteiger partial charge in [0.05, 0.1) is 25.2 Å². The van der Waals surface area contributed by atoms with Gasteiger partial charge < -0.3 is 14.0 Å². The number of piperidine rings is 1. The van der Waals surface area contributed by atoms with E-state index < -0.39 is 5.60 Å². The summed E-state index contributed by atoms with van der Waals surface area (Å²) in [5, 5.41) is 0. The summed E-state index contributed by atoms with van der Waals surface area (Å²) in [6.45, 7) is 2.61. The van der Waals surface area contributed by atoms with Gasteiger partial charge in [-0.3, -0.25) is 0 Å². The Labute approximate surface area is 288 Å². The van der Waals surface area contributed by atoms with Crippen LogP contribution in [0.5, 0.6) is 0 Å². The molecule has 3 aliphatic heterocycles. The summed E-state index contributed by atoms with van der Waals surface area (Å²) < 4.78 is 14.9. The molecule has 0 aliphatic carbocycles. The number of carbonyl (C=O) groups is 1. The second kappa shape index (κ2) is 15.0. The normalized spacial score (nSPS) is 22.3. The maximum absolute atomic E-state index is 15.0. The van der Waals surface area contributed by atoms with E-state index >= 15 is 4.79 Å². The van der Waals surface area contributed by atoms with Crippen LogP contribution in [0.1, 0.15) is 60.8 Å². The van der Waals surface area contributed by atoms with E-state index in [0.717, 1.165) is 41.9 Å². The van der Waals surface area contributed by atoms with E-state index in [4.69, 9.17) is 9.47 Å². The number of carbonyl (C=O) groups excluding carboxylic acids is 1. The minimum Gasteiger partial charge on any atom is -0.459 e. The van der Waals surface area contributed by atoms with Gasteiger partial charge in [0, 0.05) is 50.0 Å². The first kappa shape index (κ1) is 32.5. The summed E-state index contributed by atoms with van der Waals surface area (Å²) in [7, 11) is 0. The van der Waals surface area contributed by atoms with Crippen LogP contribution < -0.4 is 0 Å². The highest BCUT2D eigenvalue weighted by Crippen LogP contribution is 2.48. The minimum atomic E-state index is -1.40. The van der Waals surface area contributed by atoms with E-state index in [9.17, 15) is 0 Å². The van der Waals surface area contributed by atoms with Crippen LogP contribution in [0.15, 0.2) is 121 Å². The van der Waals surface area contributed by atoms with Gasteiger partial charge in [0.2, 0.25) is 5.60 Å². The van der Waals surface area contributed by atoms with E-state index in [-0.39, 0.29) is 16.8 Å². The largest absolute Gasteiger partial charge is 0.459 e. The van der Waals surface area contributed by atoms with Crippen LogP contribution in [0.3, 0.4) is 0 Å². The van der Waals surface area contributed by atoms with Crippen molar-refractivity contribution in [2.75, 3.05) is 18.8 Å². The highest BCUT2D eigenvalue weighted by Gasteiger charge is 2.57. The summed E-state index contributed by atoms with van der Waals surface area (Å²) in [6, 6.07) is 42.4. The van der Waals surface area contributed by atoms with Gasteiger partial charge in [0.1, 0.15) is 6.10 Å². The molecule has 4 aromatic carbocycles. The average molecular weight is 665 g/mol. The monoisotopic (exact) mass is 664 g/mol. The number of benzene rings is 4. The molecule has 0 saturated carbocycles. The van der Waals surface area contributed by atoms with Crippen molar-refractivity contribution in [3.8, 4) is 0 Å². The van der Waals surface area contributed by atoms with Crippen LogP contribution in [0.25, 0.3) is 0 Å². The molecule has 4 aromatic rings. The molecule has 244 valence electrons. The predicted molar refractivity (Wildman–Crippen MR) is 194 cm³/mol. The Kier molecular flexibility index (Phi) is 10.4. The van der Waals surface area contributed by atoms with E-state index in [0.29, 0.717) is 12.1 Å². The number of nitrogens with zero attached hydrogens (tertiary/aromatic N) is 1. The van der Waals surface area contributed by atoms with Gasteiger partial charge in [-0.15, -0.1) is 23.5 Å². The zero-order valence-corrected chi connectivity index (χ0v) is 28.8. The SMILES string of the molecule is O=C(OC1CC2CCC(C1)[N+]21CCCC1)C(OC(SCCc1ccccc1)SCc1ccccc1)(c1ccccc1)c1ccccc1. The lowest BCUT2D eigenvalue weighted by Gasteiger charge is -2.47. The molecule has 47 heavy (non-hydrogen) atoms. The van der Waals surface area contributed by atoms with Crippen molar-refractivity contribution < 1.29 is 18.8 Å².